The maximum Gasteiger partial charge on any atom is 0.255 e. The second-order valence-electron chi connectivity index (χ2n) is 8.40. The van der Waals surface area contributed by atoms with Crippen LogP contribution < -0.4 is 0 Å². The van der Waals surface area contributed by atoms with Gasteiger partial charge in [0, 0.05) is 18.7 Å². The van der Waals surface area contributed by atoms with Gasteiger partial charge in [-0.25, -0.2) is 0 Å². The van der Waals surface area contributed by atoms with Crippen molar-refractivity contribution in [2.75, 3.05) is 26.3 Å². The molecule has 6 heteroatoms. The molecule has 26 heavy (non-hydrogen) atoms. The molecule has 1 aromatic rings. The number of aldehydes is 1. The van der Waals surface area contributed by atoms with Gasteiger partial charge >= 0.3 is 0 Å². The minimum atomic E-state index is -1.94. The summed E-state index contributed by atoms with van der Waals surface area (Å²) >= 11 is 0. The van der Waals surface area contributed by atoms with E-state index in [1.165, 1.54) is 0 Å². The first-order valence-corrected chi connectivity index (χ1v) is 12.1. The van der Waals surface area contributed by atoms with Gasteiger partial charge in [0.2, 0.25) is 0 Å². The minimum absolute atomic E-state index is 0.0888. The Morgan fingerprint density at radius 1 is 1.27 bits per heavy atom. The molecule has 0 saturated carbocycles. The van der Waals surface area contributed by atoms with Crippen LogP contribution in [0.3, 0.4) is 0 Å². The number of benzene rings is 1. The molecule has 1 aliphatic rings. The zero-order chi connectivity index (χ0) is 19.5. The molecule has 0 radical (unpaired) electrons. The molecule has 1 aliphatic heterocycles. The zero-order valence-electron chi connectivity index (χ0n) is 16.8. The van der Waals surface area contributed by atoms with Crippen LogP contribution in [0.1, 0.15) is 52.6 Å². The van der Waals surface area contributed by atoms with Gasteiger partial charge in [-0.05, 0) is 36.2 Å². The molecule has 1 heterocycles. The maximum atomic E-state index is 13.0. The fourth-order valence-corrected chi connectivity index (χ4v) is 3.66. The standard InChI is InChI=1S/C20H31NO4Si/c1-15-7-8-16(14-25-26(5,6)20(2,3)4)17(13-22)18(15)19(23)21-9-11-24-12-10-21/h7-8,13H,9-12,14H2,1-6H3. The zero-order valence-corrected chi connectivity index (χ0v) is 17.8. The topological polar surface area (TPSA) is 55.8 Å². The third-order valence-electron chi connectivity index (χ3n) is 5.57. The average Bonchev–Trinajstić information content (AvgIpc) is 2.59. The van der Waals surface area contributed by atoms with Crippen molar-refractivity contribution in [2.24, 2.45) is 0 Å². The highest BCUT2D eigenvalue weighted by atomic mass is 28.4. The summed E-state index contributed by atoms with van der Waals surface area (Å²) in [5.74, 6) is -0.0953. The van der Waals surface area contributed by atoms with Crippen LogP contribution in [0.2, 0.25) is 18.1 Å². The summed E-state index contributed by atoms with van der Waals surface area (Å²) in [6, 6.07) is 3.81. The molecule has 144 valence electrons. The monoisotopic (exact) mass is 377 g/mol. The van der Waals surface area contributed by atoms with Crippen LogP contribution in [-0.2, 0) is 15.8 Å². The summed E-state index contributed by atoms with van der Waals surface area (Å²) < 4.78 is 11.6. The molecule has 0 N–H and O–H groups in total. The Hall–Kier alpha value is -1.50. The van der Waals surface area contributed by atoms with Crippen LogP contribution in [0.25, 0.3) is 0 Å². The first-order valence-electron chi connectivity index (χ1n) is 9.17. The lowest BCUT2D eigenvalue weighted by Crippen LogP contribution is -2.41. The fourth-order valence-electron chi connectivity index (χ4n) is 2.72. The van der Waals surface area contributed by atoms with E-state index in [1.807, 2.05) is 19.1 Å². The second-order valence-corrected chi connectivity index (χ2v) is 13.2. The van der Waals surface area contributed by atoms with Crippen molar-refractivity contribution in [3.8, 4) is 0 Å². The maximum absolute atomic E-state index is 13.0. The van der Waals surface area contributed by atoms with Gasteiger partial charge in [0.1, 0.15) is 0 Å². The van der Waals surface area contributed by atoms with Crippen molar-refractivity contribution in [3.63, 3.8) is 0 Å². The number of morpholine rings is 1. The molecule has 0 unspecified atom stereocenters. The summed E-state index contributed by atoms with van der Waals surface area (Å²) in [5.41, 5.74) is 2.56. The van der Waals surface area contributed by atoms with Crippen molar-refractivity contribution >= 4 is 20.5 Å². The third-order valence-corrected chi connectivity index (χ3v) is 10.0. The van der Waals surface area contributed by atoms with E-state index >= 15 is 0 Å². The molecule has 1 aromatic carbocycles. The van der Waals surface area contributed by atoms with Gasteiger partial charge < -0.3 is 14.1 Å². The van der Waals surface area contributed by atoms with Gasteiger partial charge in [-0.2, -0.15) is 0 Å². The number of hydrogen-bond donors (Lipinski definition) is 0. The van der Waals surface area contributed by atoms with Crippen molar-refractivity contribution in [2.45, 2.75) is 52.4 Å². The summed E-state index contributed by atoms with van der Waals surface area (Å²) in [5, 5.41) is 0.0888. The Balaban J connectivity index is 2.32. The summed E-state index contributed by atoms with van der Waals surface area (Å²) in [4.78, 5) is 26.6. The number of rotatable bonds is 5. The molecule has 1 amide bonds. The van der Waals surface area contributed by atoms with Gasteiger partial charge in [-0.15, -0.1) is 0 Å². The van der Waals surface area contributed by atoms with E-state index in [9.17, 15) is 9.59 Å². The van der Waals surface area contributed by atoms with Gasteiger partial charge in [-0.1, -0.05) is 32.9 Å². The summed E-state index contributed by atoms with van der Waals surface area (Å²) in [6.07, 6.45) is 0.797. The van der Waals surface area contributed by atoms with E-state index in [1.54, 1.807) is 4.90 Å². The Morgan fingerprint density at radius 2 is 1.88 bits per heavy atom. The quantitative estimate of drug-likeness (QED) is 0.578. The normalized spacial score (nSPS) is 15.8. The van der Waals surface area contributed by atoms with Crippen molar-refractivity contribution in [3.05, 3.63) is 34.4 Å². The van der Waals surface area contributed by atoms with E-state index in [0.717, 1.165) is 17.4 Å². The lowest BCUT2D eigenvalue weighted by Gasteiger charge is -2.36. The Kier molecular flexibility index (Phi) is 6.42. The predicted octanol–water partition coefficient (Wildman–Crippen LogP) is 3.80. The Bertz CT molecular complexity index is 673. The number of carbonyl (C=O) groups excluding carboxylic acids is 2. The lowest BCUT2D eigenvalue weighted by molar-refractivity contribution is 0.0301. The number of amides is 1. The van der Waals surface area contributed by atoms with Crippen LogP contribution in [-0.4, -0.2) is 51.7 Å². The van der Waals surface area contributed by atoms with E-state index in [4.69, 9.17) is 9.16 Å². The number of nitrogens with zero attached hydrogens (tertiary/aromatic N) is 1. The molecule has 0 spiro atoms. The lowest BCUT2D eigenvalue weighted by atomic mass is 9.96. The van der Waals surface area contributed by atoms with E-state index in [0.29, 0.717) is 44.0 Å². The van der Waals surface area contributed by atoms with Gasteiger partial charge in [0.25, 0.3) is 5.91 Å². The Labute approximate surface area is 157 Å². The van der Waals surface area contributed by atoms with Crippen LogP contribution in [0, 0.1) is 6.92 Å². The number of aryl methyl sites for hydroxylation is 1. The molecule has 0 aromatic heterocycles. The molecule has 0 atom stereocenters. The predicted molar refractivity (Wildman–Crippen MR) is 105 cm³/mol. The van der Waals surface area contributed by atoms with Crippen molar-refractivity contribution in [1.82, 2.24) is 4.90 Å². The largest absolute Gasteiger partial charge is 0.413 e. The highest BCUT2D eigenvalue weighted by Gasteiger charge is 2.37. The number of carbonyl (C=O) groups is 2. The third kappa shape index (κ3) is 4.42. The summed E-state index contributed by atoms with van der Waals surface area (Å²) in [6.45, 7) is 15.3. The van der Waals surface area contributed by atoms with Crippen molar-refractivity contribution < 1.29 is 18.8 Å². The smallest absolute Gasteiger partial charge is 0.255 e. The van der Waals surface area contributed by atoms with Crippen molar-refractivity contribution in [1.29, 1.82) is 0 Å². The van der Waals surface area contributed by atoms with E-state index in [-0.39, 0.29) is 10.9 Å². The van der Waals surface area contributed by atoms with Gasteiger partial charge in [-0.3, -0.25) is 9.59 Å². The van der Waals surface area contributed by atoms with Crippen LogP contribution in [0.4, 0.5) is 0 Å². The molecule has 2 rings (SSSR count). The SMILES string of the molecule is Cc1ccc(CO[Si](C)(C)C(C)(C)C)c(C=O)c1C(=O)N1CCOCC1. The molecule has 1 saturated heterocycles. The van der Waals surface area contributed by atoms with E-state index < -0.39 is 8.32 Å². The highest BCUT2D eigenvalue weighted by molar-refractivity contribution is 6.74. The molecule has 5 nitrogen and oxygen atoms in total. The number of ether oxygens (including phenoxy) is 1. The van der Waals surface area contributed by atoms with Crippen LogP contribution in [0.15, 0.2) is 12.1 Å². The minimum Gasteiger partial charge on any atom is -0.413 e. The molecule has 0 bridgehead atoms. The van der Waals surface area contributed by atoms with Gasteiger partial charge in [0.15, 0.2) is 14.6 Å². The second kappa shape index (κ2) is 8.02. The Morgan fingerprint density at radius 3 is 2.42 bits per heavy atom. The first kappa shape index (κ1) is 20.8. The fraction of sp³-hybridized carbons (Fsp3) is 0.600. The van der Waals surface area contributed by atoms with Crippen LogP contribution in [0.5, 0.6) is 0 Å². The first-order chi connectivity index (χ1) is 12.1. The highest BCUT2D eigenvalue weighted by Crippen LogP contribution is 2.37. The number of hydrogen-bond acceptors (Lipinski definition) is 4. The van der Waals surface area contributed by atoms with Gasteiger partial charge in [0.05, 0.1) is 25.4 Å². The van der Waals surface area contributed by atoms with E-state index in [2.05, 4.69) is 33.9 Å². The molecule has 1 fully saturated rings. The van der Waals surface area contributed by atoms with Crippen LogP contribution >= 0.6 is 0 Å². The molecular formula is C20H31NO4Si. The summed E-state index contributed by atoms with van der Waals surface area (Å²) in [7, 11) is -1.94. The molecular weight excluding hydrogens is 346 g/mol. The average molecular weight is 378 g/mol. The molecule has 0 aliphatic carbocycles.